The van der Waals surface area contributed by atoms with Crippen LogP contribution in [0.3, 0.4) is 0 Å². The molecule has 8 heteroatoms. The summed E-state index contributed by atoms with van der Waals surface area (Å²) < 4.78 is 39.7. The molecule has 0 radical (unpaired) electrons. The first-order chi connectivity index (χ1) is 9.62. The van der Waals surface area contributed by atoms with Crippen molar-refractivity contribution in [1.29, 1.82) is 0 Å². The molecule has 0 saturated heterocycles. The minimum Gasteiger partial charge on any atom is -0.478 e. The lowest BCUT2D eigenvalue weighted by molar-refractivity contribution is 0.0691. The summed E-state index contributed by atoms with van der Waals surface area (Å²) in [6, 6.07) is 1.46. The summed E-state index contributed by atoms with van der Waals surface area (Å²) in [5.41, 5.74) is -0.762. The van der Waals surface area contributed by atoms with Crippen LogP contribution in [0.15, 0.2) is 17.0 Å². The van der Waals surface area contributed by atoms with E-state index in [1.165, 1.54) is 6.92 Å². The lowest BCUT2D eigenvalue weighted by Gasteiger charge is -2.25. The van der Waals surface area contributed by atoms with Crippen molar-refractivity contribution < 1.29 is 27.8 Å². The van der Waals surface area contributed by atoms with Crippen LogP contribution in [-0.2, 0) is 10.0 Å². The largest absolute Gasteiger partial charge is 0.478 e. The molecule has 2 N–H and O–H groups in total. The van der Waals surface area contributed by atoms with Gasteiger partial charge in [-0.3, -0.25) is 0 Å². The Labute approximate surface area is 122 Å². The smallest absolute Gasteiger partial charge is 0.338 e. The van der Waals surface area contributed by atoms with Crippen LogP contribution in [0.4, 0.5) is 4.39 Å². The zero-order valence-electron chi connectivity index (χ0n) is 12.0. The van der Waals surface area contributed by atoms with Crippen LogP contribution < -0.4 is 0 Å². The molecule has 1 rings (SSSR count). The first-order valence-electron chi connectivity index (χ1n) is 6.29. The molecule has 0 amide bonds. The molecule has 6 nitrogen and oxygen atoms in total. The molecule has 118 valence electrons. The van der Waals surface area contributed by atoms with Crippen molar-refractivity contribution in [2.24, 2.45) is 0 Å². The van der Waals surface area contributed by atoms with Crippen molar-refractivity contribution in [3.8, 4) is 0 Å². The van der Waals surface area contributed by atoms with Gasteiger partial charge in [0.15, 0.2) is 0 Å². The third-order valence-corrected chi connectivity index (χ3v) is 5.01. The number of nitrogens with zero attached hydrogens (tertiary/aromatic N) is 1. The lowest BCUT2D eigenvalue weighted by atomic mass is 10.1. The third kappa shape index (κ3) is 3.58. The standard InChI is InChI=1S/C13H18FNO5S/c1-8(2)15(4-5-16)21(19,20)10-6-9(3)12(14)11(7-10)13(17)18/h6-8,16H,4-5H2,1-3H3,(H,17,18). The van der Waals surface area contributed by atoms with Crippen LogP contribution in [0.25, 0.3) is 0 Å². The quantitative estimate of drug-likeness (QED) is 0.822. The topological polar surface area (TPSA) is 94.9 Å². The van der Waals surface area contributed by atoms with E-state index in [0.717, 1.165) is 16.4 Å². The third-order valence-electron chi connectivity index (χ3n) is 2.96. The van der Waals surface area contributed by atoms with E-state index < -0.39 is 33.4 Å². The predicted octanol–water partition coefficient (Wildman–Crippen LogP) is 1.22. The number of hydrogen-bond acceptors (Lipinski definition) is 4. The molecule has 21 heavy (non-hydrogen) atoms. The van der Waals surface area contributed by atoms with Gasteiger partial charge in [0.25, 0.3) is 0 Å². The van der Waals surface area contributed by atoms with Gasteiger partial charge in [0.1, 0.15) is 5.82 Å². The lowest BCUT2D eigenvalue weighted by Crippen LogP contribution is -2.39. The number of aliphatic hydroxyl groups is 1. The molecule has 0 bridgehead atoms. The van der Waals surface area contributed by atoms with E-state index in [4.69, 9.17) is 10.2 Å². The van der Waals surface area contributed by atoms with Crippen LogP contribution >= 0.6 is 0 Å². The molecule has 0 atom stereocenters. The highest BCUT2D eigenvalue weighted by molar-refractivity contribution is 7.89. The van der Waals surface area contributed by atoms with Gasteiger partial charge in [0.05, 0.1) is 17.1 Å². The Morgan fingerprint density at radius 2 is 1.95 bits per heavy atom. The minimum atomic E-state index is -4.01. The maximum absolute atomic E-state index is 13.7. The van der Waals surface area contributed by atoms with E-state index in [9.17, 15) is 17.6 Å². The van der Waals surface area contributed by atoms with Crippen LogP contribution in [0, 0.1) is 12.7 Å². The van der Waals surface area contributed by atoms with Crippen molar-refractivity contribution >= 4 is 16.0 Å². The summed E-state index contributed by atoms with van der Waals surface area (Å²) in [5.74, 6) is -2.49. The number of benzene rings is 1. The molecule has 0 saturated carbocycles. The van der Waals surface area contributed by atoms with E-state index in [1.807, 2.05) is 0 Å². The molecular weight excluding hydrogens is 301 g/mol. The molecule has 0 spiro atoms. The normalized spacial score (nSPS) is 12.1. The molecule has 0 aliphatic rings. The number of carboxylic acid groups (broad SMARTS) is 1. The molecule has 0 aromatic heterocycles. The highest BCUT2D eigenvalue weighted by atomic mass is 32.2. The van der Waals surface area contributed by atoms with Gasteiger partial charge in [-0.15, -0.1) is 0 Å². The number of carbonyl (C=O) groups is 1. The number of carboxylic acids is 1. The number of halogens is 1. The molecule has 1 aromatic rings. The summed E-state index contributed by atoms with van der Waals surface area (Å²) in [7, 11) is -4.01. The predicted molar refractivity (Wildman–Crippen MR) is 74.2 cm³/mol. The first kappa shape index (κ1) is 17.5. The fourth-order valence-corrected chi connectivity index (χ4v) is 3.67. The molecule has 0 aliphatic heterocycles. The Bertz CT molecular complexity index is 642. The number of rotatable bonds is 6. The second-order valence-electron chi connectivity index (χ2n) is 4.84. The van der Waals surface area contributed by atoms with Gasteiger partial charge < -0.3 is 10.2 Å². The van der Waals surface area contributed by atoms with Gasteiger partial charge in [-0.2, -0.15) is 4.31 Å². The Kier molecular flexibility index (Phi) is 5.43. The summed E-state index contributed by atoms with van der Waals surface area (Å²) in [6.07, 6.45) is 0. The van der Waals surface area contributed by atoms with Crippen molar-refractivity contribution in [3.63, 3.8) is 0 Å². The number of hydrogen-bond donors (Lipinski definition) is 2. The molecule has 1 aromatic carbocycles. The molecule has 0 aliphatic carbocycles. The van der Waals surface area contributed by atoms with Gasteiger partial charge in [0, 0.05) is 12.6 Å². The fourth-order valence-electron chi connectivity index (χ4n) is 1.93. The van der Waals surface area contributed by atoms with Gasteiger partial charge in [-0.25, -0.2) is 17.6 Å². The van der Waals surface area contributed by atoms with Crippen LogP contribution in [0.5, 0.6) is 0 Å². The Morgan fingerprint density at radius 1 is 1.38 bits per heavy atom. The average molecular weight is 319 g/mol. The van der Waals surface area contributed by atoms with Crippen molar-refractivity contribution in [1.82, 2.24) is 4.31 Å². The van der Waals surface area contributed by atoms with Crippen molar-refractivity contribution in [2.45, 2.75) is 31.7 Å². The zero-order valence-corrected chi connectivity index (χ0v) is 12.8. The SMILES string of the molecule is Cc1cc(S(=O)(=O)N(CCO)C(C)C)cc(C(=O)O)c1F. The molecule has 0 heterocycles. The van der Waals surface area contributed by atoms with Crippen LogP contribution in [-0.4, -0.2) is 48.1 Å². The number of sulfonamides is 1. The molecule has 0 unspecified atom stereocenters. The summed E-state index contributed by atoms with van der Waals surface area (Å²) >= 11 is 0. The zero-order chi connectivity index (χ0) is 16.4. The highest BCUT2D eigenvalue weighted by Gasteiger charge is 2.28. The Hall–Kier alpha value is -1.51. The van der Waals surface area contributed by atoms with Crippen molar-refractivity contribution in [3.05, 3.63) is 29.1 Å². The van der Waals surface area contributed by atoms with E-state index in [-0.39, 0.29) is 23.6 Å². The van der Waals surface area contributed by atoms with E-state index >= 15 is 0 Å². The second-order valence-corrected chi connectivity index (χ2v) is 6.73. The monoisotopic (exact) mass is 319 g/mol. The maximum Gasteiger partial charge on any atom is 0.338 e. The molecule has 0 fully saturated rings. The molecular formula is C13H18FNO5S. The van der Waals surface area contributed by atoms with Gasteiger partial charge in [-0.1, -0.05) is 0 Å². The van der Waals surface area contributed by atoms with Crippen molar-refractivity contribution in [2.75, 3.05) is 13.2 Å². The van der Waals surface area contributed by atoms with Gasteiger partial charge in [-0.05, 0) is 38.5 Å². The summed E-state index contributed by atoms with van der Waals surface area (Å²) in [5, 5.41) is 17.9. The number of aliphatic hydroxyl groups excluding tert-OH is 1. The number of aromatic carboxylic acids is 1. The second kappa shape index (κ2) is 6.50. The number of aryl methyl sites for hydroxylation is 1. The minimum absolute atomic E-state index is 0.0684. The highest BCUT2D eigenvalue weighted by Crippen LogP contribution is 2.23. The maximum atomic E-state index is 13.7. The van der Waals surface area contributed by atoms with Crippen LogP contribution in [0.1, 0.15) is 29.8 Å². The van der Waals surface area contributed by atoms with Crippen LogP contribution in [0.2, 0.25) is 0 Å². The van der Waals surface area contributed by atoms with E-state index in [0.29, 0.717) is 0 Å². The average Bonchev–Trinajstić information content (AvgIpc) is 2.37. The van der Waals surface area contributed by atoms with Gasteiger partial charge in [0.2, 0.25) is 10.0 Å². The summed E-state index contributed by atoms with van der Waals surface area (Å²) in [4.78, 5) is 10.7. The van der Waals surface area contributed by atoms with E-state index in [2.05, 4.69) is 0 Å². The fraction of sp³-hybridized carbons (Fsp3) is 0.462. The summed E-state index contributed by atoms with van der Waals surface area (Å²) in [6.45, 7) is 4.05. The Morgan fingerprint density at radius 3 is 2.38 bits per heavy atom. The first-order valence-corrected chi connectivity index (χ1v) is 7.73. The van der Waals surface area contributed by atoms with E-state index in [1.54, 1.807) is 13.8 Å². The van der Waals surface area contributed by atoms with Gasteiger partial charge >= 0.3 is 5.97 Å². The Balaban J connectivity index is 3.47.